The number of rotatable bonds is 2. The number of carbonyl (C=O) groups excluding carboxylic acids is 1. The largest absolute Gasteiger partial charge is 0.507 e. The van der Waals surface area contributed by atoms with E-state index in [4.69, 9.17) is 5.11 Å². The molecule has 0 fully saturated rings. The van der Waals surface area contributed by atoms with Crippen molar-refractivity contribution >= 4 is 11.5 Å². The number of hydrogen-bond donors (Lipinski definition) is 2. The van der Waals surface area contributed by atoms with Crippen LogP contribution in [0, 0.1) is 10.1 Å². The molecule has 1 aromatic carbocycles. The lowest BCUT2D eigenvalue weighted by atomic mass is 10.1. The molecule has 0 aromatic heterocycles. The van der Waals surface area contributed by atoms with Gasteiger partial charge in [-0.05, 0) is 13.0 Å². The Morgan fingerprint density at radius 2 is 2.00 bits per heavy atom. The van der Waals surface area contributed by atoms with Crippen LogP contribution in [-0.4, -0.2) is 20.9 Å². The van der Waals surface area contributed by atoms with Gasteiger partial charge in [0.1, 0.15) is 11.3 Å². The van der Waals surface area contributed by atoms with Gasteiger partial charge in [0.15, 0.2) is 5.78 Å². The van der Waals surface area contributed by atoms with Crippen molar-refractivity contribution in [1.82, 2.24) is 0 Å². The van der Waals surface area contributed by atoms with Crippen LogP contribution in [0.15, 0.2) is 12.1 Å². The number of aromatic hydroxyl groups is 2. The van der Waals surface area contributed by atoms with E-state index in [-0.39, 0.29) is 0 Å². The van der Waals surface area contributed by atoms with Crippen molar-refractivity contribution in [1.29, 1.82) is 0 Å². The number of nitro benzene ring substituents is 1. The van der Waals surface area contributed by atoms with Crippen LogP contribution < -0.4 is 0 Å². The molecular formula is C8H7NO5. The Morgan fingerprint density at radius 3 is 2.43 bits per heavy atom. The minimum Gasteiger partial charge on any atom is -0.507 e. The van der Waals surface area contributed by atoms with Gasteiger partial charge in [0.2, 0.25) is 5.75 Å². The first-order valence-corrected chi connectivity index (χ1v) is 3.65. The average Bonchev–Trinajstić information content (AvgIpc) is 2.02. The first-order chi connectivity index (χ1) is 6.45. The maximum absolute atomic E-state index is 10.9. The Hall–Kier alpha value is -2.11. The Morgan fingerprint density at radius 1 is 1.43 bits per heavy atom. The van der Waals surface area contributed by atoms with E-state index in [1.165, 1.54) is 0 Å². The molecule has 6 heteroatoms. The highest BCUT2D eigenvalue weighted by atomic mass is 16.6. The molecule has 0 saturated carbocycles. The van der Waals surface area contributed by atoms with E-state index in [2.05, 4.69) is 0 Å². The Bertz CT molecular complexity index is 412. The second-order valence-corrected chi connectivity index (χ2v) is 2.64. The monoisotopic (exact) mass is 197 g/mol. The van der Waals surface area contributed by atoms with Gasteiger partial charge in [-0.3, -0.25) is 14.9 Å². The highest BCUT2D eigenvalue weighted by Gasteiger charge is 2.22. The summed E-state index contributed by atoms with van der Waals surface area (Å²) in [6.45, 7) is 1.10. The molecule has 0 aliphatic rings. The van der Waals surface area contributed by atoms with Crippen LogP contribution in [0.2, 0.25) is 0 Å². The molecule has 0 heterocycles. The molecule has 0 aliphatic heterocycles. The molecule has 1 aromatic rings. The van der Waals surface area contributed by atoms with Crippen LogP contribution in [0.5, 0.6) is 11.5 Å². The third kappa shape index (κ3) is 1.49. The zero-order chi connectivity index (χ0) is 10.9. The summed E-state index contributed by atoms with van der Waals surface area (Å²) >= 11 is 0. The molecule has 0 saturated heterocycles. The topological polar surface area (TPSA) is 101 Å². The Balaban J connectivity index is 3.49. The quantitative estimate of drug-likeness (QED) is 0.421. The van der Waals surface area contributed by atoms with Crippen molar-refractivity contribution < 1.29 is 19.9 Å². The van der Waals surface area contributed by atoms with Gasteiger partial charge in [-0.2, -0.15) is 0 Å². The molecular weight excluding hydrogens is 190 g/mol. The summed E-state index contributed by atoms with van der Waals surface area (Å²) in [6.07, 6.45) is 0. The second-order valence-electron chi connectivity index (χ2n) is 2.64. The van der Waals surface area contributed by atoms with Crippen molar-refractivity contribution in [2.24, 2.45) is 0 Å². The molecule has 1 rings (SSSR count). The summed E-state index contributed by atoms with van der Waals surface area (Å²) in [5.74, 6) is -1.91. The lowest BCUT2D eigenvalue weighted by molar-refractivity contribution is -0.385. The molecule has 14 heavy (non-hydrogen) atoms. The lowest BCUT2D eigenvalue weighted by Gasteiger charge is -2.03. The zero-order valence-corrected chi connectivity index (χ0v) is 7.22. The van der Waals surface area contributed by atoms with Crippen LogP contribution in [0.25, 0.3) is 0 Å². The molecule has 2 N–H and O–H groups in total. The number of Topliss-reactive ketones (excluding diaryl/α,β-unsaturated/α-hetero) is 1. The number of benzene rings is 1. The fourth-order valence-corrected chi connectivity index (χ4v) is 1.06. The number of nitro groups is 1. The summed E-state index contributed by atoms with van der Waals surface area (Å²) in [7, 11) is 0. The van der Waals surface area contributed by atoms with Gasteiger partial charge in [-0.1, -0.05) is 0 Å². The predicted molar refractivity (Wildman–Crippen MR) is 46.4 cm³/mol. The fourth-order valence-electron chi connectivity index (χ4n) is 1.06. The van der Waals surface area contributed by atoms with Crippen molar-refractivity contribution in [3.8, 4) is 11.5 Å². The van der Waals surface area contributed by atoms with E-state index < -0.39 is 33.5 Å². The highest BCUT2D eigenvalue weighted by molar-refractivity contribution is 6.00. The maximum atomic E-state index is 10.9. The van der Waals surface area contributed by atoms with Gasteiger partial charge in [-0.25, -0.2) is 0 Å². The number of hydrogen-bond acceptors (Lipinski definition) is 5. The number of ketones is 1. The summed E-state index contributed by atoms with van der Waals surface area (Å²) in [4.78, 5) is 20.4. The van der Waals surface area contributed by atoms with E-state index >= 15 is 0 Å². The van der Waals surface area contributed by atoms with Crippen molar-refractivity contribution in [3.05, 3.63) is 27.8 Å². The SMILES string of the molecule is CC(=O)c1c(O)ccc([N+](=O)[O-])c1O. The minimum absolute atomic E-state index is 0.431. The number of carbonyl (C=O) groups is 1. The standard InChI is InChI=1S/C8H7NO5/c1-4(10)7-6(11)3-2-5(8(7)12)9(13)14/h2-3,11-12H,1H3. The van der Waals surface area contributed by atoms with Gasteiger partial charge in [0, 0.05) is 6.07 Å². The summed E-state index contributed by atoms with van der Waals surface area (Å²) in [5, 5.41) is 28.8. The summed E-state index contributed by atoms with van der Waals surface area (Å²) in [5.41, 5.74) is -1.03. The van der Waals surface area contributed by atoms with Crippen LogP contribution in [0.1, 0.15) is 17.3 Å². The van der Waals surface area contributed by atoms with Crippen molar-refractivity contribution in [2.75, 3.05) is 0 Å². The molecule has 0 radical (unpaired) electrons. The number of phenols is 2. The van der Waals surface area contributed by atoms with Crippen LogP contribution in [0.4, 0.5) is 5.69 Å². The summed E-state index contributed by atoms with van der Waals surface area (Å²) < 4.78 is 0. The van der Waals surface area contributed by atoms with Gasteiger partial charge in [0.05, 0.1) is 4.92 Å². The summed E-state index contributed by atoms with van der Waals surface area (Å²) in [6, 6.07) is 1.92. The lowest BCUT2D eigenvalue weighted by Crippen LogP contribution is -1.97. The second kappa shape index (κ2) is 3.33. The van der Waals surface area contributed by atoms with E-state index in [1.54, 1.807) is 0 Å². The molecule has 0 atom stereocenters. The average molecular weight is 197 g/mol. The zero-order valence-electron chi connectivity index (χ0n) is 7.22. The fraction of sp³-hybridized carbons (Fsp3) is 0.125. The smallest absolute Gasteiger partial charge is 0.311 e. The molecule has 0 aliphatic carbocycles. The minimum atomic E-state index is -0.832. The molecule has 0 unspecified atom stereocenters. The predicted octanol–water partition coefficient (Wildman–Crippen LogP) is 1.21. The van der Waals surface area contributed by atoms with Crippen LogP contribution in [0.3, 0.4) is 0 Å². The van der Waals surface area contributed by atoms with E-state index in [0.717, 1.165) is 19.1 Å². The highest BCUT2D eigenvalue weighted by Crippen LogP contribution is 2.35. The molecule has 0 spiro atoms. The van der Waals surface area contributed by atoms with E-state index in [0.29, 0.717) is 0 Å². The normalized spacial score (nSPS) is 9.79. The van der Waals surface area contributed by atoms with E-state index in [1.807, 2.05) is 0 Å². The third-order valence-corrected chi connectivity index (χ3v) is 1.68. The maximum Gasteiger partial charge on any atom is 0.311 e. The van der Waals surface area contributed by atoms with Gasteiger partial charge < -0.3 is 10.2 Å². The van der Waals surface area contributed by atoms with Gasteiger partial charge >= 0.3 is 5.69 Å². The van der Waals surface area contributed by atoms with Crippen LogP contribution in [-0.2, 0) is 0 Å². The Labute approximate surface area is 78.6 Å². The third-order valence-electron chi connectivity index (χ3n) is 1.68. The van der Waals surface area contributed by atoms with Gasteiger partial charge in [-0.15, -0.1) is 0 Å². The molecule has 0 bridgehead atoms. The molecule has 6 nitrogen and oxygen atoms in total. The Kier molecular flexibility index (Phi) is 2.37. The van der Waals surface area contributed by atoms with Crippen LogP contribution >= 0.6 is 0 Å². The first-order valence-electron chi connectivity index (χ1n) is 3.65. The molecule has 74 valence electrons. The van der Waals surface area contributed by atoms with Crippen molar-refractivity contribution in [3.63, 3.8) is 0 Å². The number of phenolic OH excluding ortho intramolecular Hbond substituents is 2. The first kappa shape index (κ1) is 9.97. The number of nitrogens with zero attached hydrogens (tertiary/aromatic N) is 1. The van der Waals surface area contributed by atoms with Gasteiger partial charge in [0.25, 0.3) is 0 Å². The molecule has 0 amide bonds. The van der Waals surface area contributed by atoms with E-state index in [9.17, 15) is 20.0 Å². The van der Waals surface area contributed by atoms with Crippen molar-refractivity contribution in [2.45, 2.75) is 6.92 Å².